The SMILES string of the molecule is Cc1noc(C)c1NC(=O)c1ccccc1[N+](=O)[O-]. The Labute approximate surface area is 108 Å². The summed E-state index contributed by atoms with van der Waals surface area (Å²) in [4.78, 5) is 22.3. The maximum atomic E-state index is 12.1. The Kier molecular flexibility index (Phi) is 3.28. The Morgan fingerprint density at radius 2 is 2.05 bits per heavy atom. The Hall–Kier alpha value is -2.70. The number of hydrogen-bond donors (Lipinski definition) is 1. The van der Waals surface area contributed by atoms with Gasteiger partial charge in [-0.1, -0.05) is 17.3 Å². The lowest BCUT2D eigenvalue weighted by Crippen LogP contribution is -2.14. The zero-order chi connectivity index (χ0) is 14.0. The van der Waals surface area contributed by atoms with Gasteiger partial charge in [0.1, 0.15) is 16.9 Å². The Bertz CT molecular complexity index is 629. The normalized spacial score (nSPS) is 10.2. The molecule has 1 heterocycles. The van der Waals surface area contributed by atoms with E-state index in [-0.39, 0.29) is 11.3 Å². The highest BCUT2D eigenvalue weighted by Gasteiger charge is 2.21. The van der Waals surface area contributed by atoms with Crippen molar-refractivity contribution < 1.29 is 14.2 Å². The lowest BCUT2D eigenvalue weighted by Gasteiger charge is -2.04. The maximum Gasteiger partial charge on any atom is 0.282 e. The van der Waals surface area contributed by atoms with E-state index in [0.717, 1.165) is 0 Å². The van der Waals surface area contributed by atoms with Crippen molar-refractivity contribution in [2.45, 2.75) is 13.8 Å². The molecule has 98 valence electrons. The second-order valence-corrected chi connectivity index (χ2v) is 3.93. The van der Waals surface area contributed by atoms with Crippen LogP contribution in [-0.2, 0) is 0 Å². The van der Waals surface area contributed by atoms with Gasteiger partial charge in [0.2, 0.25) is 0 Å². The third-order valence-electron chi connectivity index (χ3n) is 2.62. The third kappa shape index (κ3) is 2.44. The fourth-order valence-corrected chi connectivity index (χ4v) is 1.67. The second kappa shape index (κ2) is 4.89. The number of rotatable bonds is 3. The van der Waals surface area contributed by atoms with E-state index in [1.165, 1.54) is 18.2 Å². The van der Waals surface area contributed by atoms with E-state index in [4.69, 9.17) is 4.52 Å². The summed E-state index contributed by atoms with van der Waals surface area (Å²) in [5.74, 6) is -0.119. The van der Waals surface area contributed by atoms with E-state index in [9.17, 15) is 14.9 Å². The summed E-state index contributed by atoms with van der Waals surface area (Å²) in [5.41, 5.74) is 0.701. The van der Waals surface area contributed by atoms with E-state index < -0.39 is 10.8 Å². The molecule has 0 atom stereocenters. The number of nitrogens with zero attached hydrogens (tertiary/aromatic N) is 2. The standard InChI is InChI=1S/C12H11N3O4/c1-7-11(8(2)19-14-7)13-12(16)9-5-3-4-6-10(9)15(17)18/h3-6H,1-2H3,(H,13,16). The number of anilines is 1. The summed E-state index contributed by atoms with van der Waals surface area (Å²) in [6, 6.07) is 5.74. The van der Waals surface area contributed by atoms with Gasteiger partial charge in [0.25, 0.3) is 11.6 Å². The Balaban J connectivity index is 2.33. The second-order valence-electron chi connectivity index (χ2n) is 3.93. The van der Waals surface area contributed by atoms with Crippen LogP contribution in [-0.4, -0.2) is 16.0 Å². The molecule has 0 bridgehead atoms. The average molecular weight is 261 g/mol. The number of nitrogens with one attached hydrogen (secondary N) is 1. The molecule has 2 rings (SSSR count). The molecule has 0 aliphatic rings. The first-order valence-corrected chi connectivity index (χ1v) is 5.48. The molecule has 19 heavy (non-hydrogen) atoms. The molecule has 0 spiro atoms. The van der Waals surface area contributed by atoms with Crippen molar-refractivity contribution in [2.75, 3.05) is 5.32 Å². The van der Waals surface area contributed by atoms with Gasteiger partial charge in [0.05, 0.1) is 4.92 Å². The number of amides is 1. The van der Waals surface area contributed by atoms with Gasteiger partial charge in [-0.2, -0.15) is 0 Å². The summed E-state index contributed by atoms with van der Waals surface area (Å²) in [6.07, 6.45) is 0. The average Bonchev–Trinajstić information content (AvgIpc) is 2.70. The van der Waals surface area contributed by atoms with E-state index in [1.54, 1.807) is 19.9 Å². The fourth-order valence-electron chi connectivity index (χ4n) is 1.67. The van der Waals surface area contributed by atoms with Crippen LogP contribution in [0.3, 0.4) is 0 Å². The minimum Gasteiger partial charge on any atom is -0.359 e. The number of carbonyl (C=O) groups is 1. The van der Waals surface area contributed by atoms with Gasteiger partial charge in [0, 0.05) is 6.07 Å². The van der Waals surface area contributed by atoms with Crippen molar-refractivity contribution >= 4 is 17.3 Å². The van der Waals surface area contributed by atoms with Crippen LogP contribution in [0.4, 0.5) is 11.4 Å². The van der Waals surface area contributed by atoms with Crippen molar-refractivity contribution in [2.24, 2.45) is 0 Å². The van der Waals surface area contributed by atoms with Gasteiger partial charge in [-0.05, 0) is 19.9 Å². The molecule has 7 nitrogen and oxygen atoms in total. The van der Waals surface area contributed by atoms with Gasteiger partial charge >= 0.3 is 0 Å². The summed E-state index contributed by atoms with van der Waals surface area (Å²) in [6.45, 7) is 3.32. The minimum atomic E-state index is -0.595. The van der Waals surface area contributed by atoms with E-state index in [2.05, 4.69) is 10.5 Å². The number of aromatic nitrogens is 1. The lowest BCUT2D eigenvalue weighted by atomic mass is 10.1. The van der Waals surface area contributed by atoms with Gasteiger partial charge in [-0.25, -0.2) is 0 Å². The number of para-hydroxylation sites is 1. The first-order chi connectivity index (χ1) is 9.00. The molecule has 0 radical (unpaired) electrons. The van der Waals surface area contributed by atoms with Crippen LogP contribution >= 0.6 is 0 Å². The highest BCUT2D eigenvalue weighted by Crippen LogP contribution is 2.22. The van der Waals surface area contributed by atoms with E-state index in [1.807, 2.05) is 0 Å². The molecular formula is C12H11N3O4. The highest BCUT2D eigenvalue weighted by molar-refractivity contribution is 6.07. The molecule has 7 heteroatoms. The van der Waals surface area contributed by atoms with Crippen molar-refractivity contribution in [3.63, 3.8) is 0 Å². The quantitative estimate of drug-likeness (QED) is 0.675. The van der Waals surface area contributed by atoms with Crippen molar-refractivity contribution in [3.8, 4) is 0 Å². The predicted octanol–water partition coefficient (Wildman–Crippen LogP) is 2.45. The first-order valence-electron chi connectivity index (χ1n) is 5.48. The first kappa shape index (κ1) is 12.7. The lowest BCUT2D eigenvalue weighted by molar-refractivity contribution is -0.385. The minimum absolute atomic E-state index is 0.00694. The molecule has 0 saturated carbocycles. The summed E-state index contributed by atoms with van der Waals surface area (Å²) in [5, 5.41) is 17.1. The Morgan fingerprint density at radius 1 is 1.37 bits per heavy atom. The van der Waals surface area contributed by atoms with Gasteiger partial charge in [0.15, 0.2) is 5.76 Å². The van der Waals surface area contributed by atoms with Crippen molar-refractivity contribution in [1.82, 2.24) is 5.16 Å². The van der Waals surface area contributed by atoms with Crippen LogP contribution in [0, 0.1) is 24.0 Å². The monoisotopic (exact) mass is 261 g/mol. The molecule has 0 unspecified atom stereocenters. The number of nitro benzene ring substituents is 1. The maximum absolute atomic E-state index is 12.1. The van der Waals surface area contributed by atoms with Crippen molar-refractivity contribution in [1.29, 1.82) is 0 Å². The van der Waals surface area contributed by atoms with Crippen LogP contribution < -0.4 is 5.32 Å². The van der Waals surface area contributed by atoms with E-state index >= 15 is 0 Å². The van der Waals surface area contributed by atoms with Gasteiger partial charge < -0.3 is 9.84 Å². The van der Waals surface area contributed by atoms with Crippen LogP contribution in [0.25, 0.3) is 0 Å². The molecule has 1 aromatic heterocycles. The number of carbonyl (C=O) groups excluding carboxylic acids is 1. The molecule has 0 aliphatic carbocycles. The number of benzene rings is 1. The summed E-state index contributed by atoms with van der Waals surface area (Å²) >= 11 is 0. The topological polar surface area (TPSA) is 98.3 Å². The number of hydrogen-bond acceptors (Lipinski definition) is 5. The van der Waals surface area contributed by atoms with Crippen LogP contribution in [0.1, 0.15) is 21.8 Å². The number of aryl methyl sites for hydroxylation is 2. The third-order valence-corrected chi connectivity index (χ3v) is 2.62. The van der Waals surface area contributed by atoms with Crippen molar-refractivity contribution in [3.05, 3.63) is 51.4 Å². The fraction of sp³-hybridized carbons (Fsp3) is 0.167. The highest BCUT2D eigenvalue weighted by atomic mass is 16.6. The predicted molar refractivity (Wildman–Crippen MR) is 67.0 cm³/mol. The summed E-state index contributed by atoms with van der Waals surface area (Å²) in [7, 11) is 0. The zero-order valence-electron chi connectivity index (χ0n) is 10.3. The molecule has 0 aliphatic heterocycles. The van der Waals surface area contributed by atoms with Gasteiger partial charge in [-0.15, -0.1) is 0 Å². The molecule has 0 fully saturated rings. The summed E-state index contributed by atoms with van der Waals surface area (Å²) < 4.78 is 4.91. The Morgan fingerprint density at radius 3 is 2.63 bits per heavy atom. The largest absolute Gasteiger partial charge is 0.359 e. The van der Waals surface area contributed by atoms with Gasteiger partial charge in [-0.3, -0.25) is 14.9 Å². The molecular weight excluding hydrogens is 250 g/mol. The van der Waals surface area contributed by atoms with E-state index in [0.29, 0.717) is 17.1 Å². The molecule has 1 amide bonds. The van der Waals surface area contributed by atoms with Crippen LogP contribution in [0.15, 0.2) is 28.8 Å². The molecule has 0 saturated heterocycles. The van der Waals surface area contributed by atoms with Crippen LogP contribution in [0.2, 0.25) is 0 Å². The molecule has 1 aromatic carbocycles. The number of nitro groups is 1. The molecule has 2 aromatic rings. The van der Waals surface area contributed by atoms with Crippen LogP contribution in [0.5, 0.6) is 0 Å². The molecule has 1 N–H and O–H groups in total. The zero-order valence-corrected chi connectivity index (χ0v) is 10.3. The smallest absolute Gasteiger partial charge is 0.282 e.